The number of hydrogen-bond acceptors (Lipinski definition) is 1. The molecule has 0 saturated heterocycles. The van der Waals surface area contributed by atoms with Gasteiger partial charge in [-0.2, -0.15) is 0 Å². The average Bonchev–Trinajstić information content (AvgIpc) is 2.68. The Bertz CT molecular complexity index is 468. The van der Waals surface area contributed by atoms with Gasteiger partial charge in [-0.05, 0) is 85.4 Å². The third kappa shape index (κ3) is 1.73. The molecule has 1 unspecified atom stereocenters. The zero-order valence-electron chi connectivity index (χ0n) is 14.0. The van der Waals surface area contributed by atoms with Gasteiger partial charge in [-0.15, -0.1) is 0 Å². The van der Waals surface area contributed by atoms with Crippen molar-refractivity contribution in [2.75, 3.05) is 6.61 Å². The molecule has 1 heteroatoms. The minimum absolute atomic E-state index is 0.182. The highest BCUT2D eigenvalue weighted by Gasteiger charge is 2.63. The zero-order chi connectivity index (χ0) is 14.9. The van der Waals surface area contributed by atoms with Crippen molar-refractivity contribution in [2.24, 2.45) is 34.0 Å². The fourth-order valence-corrected chi connectivity index (χ4v) is 7.68. The van der Waals surface area contributed by atoms with Gasteiger partial charge in [0.2, 0.25) is 0 Å². The molecule has 4 fully saturated rings. The number of rotatable bonds is 1. The second-order valence-electron chi connectivity index (χ2n) is 9.49. The van der Waals surface area contributed by atoms with Gasteiger partial charge in [-0.3, -0.25) is 0 Å². The first kappa shape index (κ1) is 14.3. The summed E-state index contributed by atoms with van der Waals surface area (Å²) in [5.74, 6) is 2.48. The number of aliphatic hydroxyl groups excluding tert-OH is 1. The Morgan fingerprint density at radius 2 is 1.90 bits per heavy atom. The molecule has 0 amide bonds. The van der Waals surface area contributed by atoms with Crippen LogP contribution in [0, 0.1) is 34.0 Å². The monoisotopic (exact) mass is 288 g/mol. The van der Waals surface area contributed by atoms with Crippen LogP contribution in [0.3, 0.4) is 0 Å². The van der Waals surface area contributed by atoms with Gasteiger partial charge >= 0.3 is 0 Å². The van der Waals surface area contributed by atoms with E-state index in [1.54, 1.807) is 5.57 Å². The summed E-state index contributed by atoms with van der Waals surface area (Å²) in [5, 5.41) is 10.1. The molecule has 118 valence electrons. The lowest BCUT2D eigenvalue weighted by molar-refractivity contribution is -0.158. The van der Waals surface area contributed by atoms with Gasteiger partial charge in [0.15, 0.2) is 0 Å². The molecule has 4 aliphatic rings. The molecule has 4 rings (SSSR count). The number of allylic oxidation sites excluding steroid dienone is 1. The molecular weight excluding hydrogens is 256 g/mol. The first-order valence-corrected chi connectivity index (χ1v) is 9.22. The number of fused-ring (bicyclic) bond motifs is 3. The van der Waals surface area contributed by atoms with Crippen LogP contribution in [-0.4, -0.2) is 11.7 Å². The van der Waals surface area contributed by atoms with Crippen LogP contribution in [-0.2, 0) is 0 Å². The van der Waals surface area contributed by atoms with Crippen molar-refractivity contribution in [3.63, 3.8) is 0 Å². The number of hydrogen-bond donors (Lipinski definition) is 1. The fraction of sp³-hybridized carbons (Fsp3) is 0.900. The molecular formula is C20H32O. The highest BCUT2D eigenvalue weighted by molar-refractivity contribution is 5.22. The highest BCUT2D eigenvalue weighted by Crippen LogP contribution is 2.72. The molecule has 1 N–H and O–H groups in total. The topological polar surface area (TPSA) is 20.2 Å². The largest absolute Gasteiger partial charge is 0.396 e. The van der Waals surface area contributed by atoms with Gasteiger partial charge in [-0.1, -0.05) is 32.4 Å². The highest BCUT2D eigenvalue weighted by atomic mass is 16.3. The molecule has 0 radical (unpaired) electrons. The van der Waals surface area contributed by atoms with Gasteiger partial charge in [-0.25, -0.2) is 0 Å². The average molecular weight is 288 g/mol. The minimum atomic E-state index is 0.182. The second kappa shape index (κ2) is 4.37. The van der Waals surface area contributed by atoms with Crippen LogP contribution >= 0.6 is 0 Å². The van der Waals surface area contributed by atoms with E-state index in [1.165, 1.54) is 57.8 Å². The van der Waals surface area contributed by atoms with Crippen LogP contribution < -0.4 is 0 Å². The molecule has 2 bridgehead atoms. The van der Waals surface area contributed by atoms with E-state index < -0.39 is 0 Å². The van der Waals surface area contributed by atoms with E-state index in [4.69, 9.17) is 0 Å². The normalized spacial score (nSPS) is 56.0. The molecule has 4 saturated carbocycles. The summed E-state index contributed by atoms with van der Waals surface area (Å²) in [4.78, 5) is 0. The quantitative estimate of drug-likeness (QED) is 0.677. The van der Waals surface area contributed by atoms with Gasteiger partial charge in [0, 0.05) is 6.61 Å². The third-order valence-corrected chi connectivity index (χ3v) is 8.54. The van der Waals surface area contributed by atoms with E-state index in [1.807, 2.05) is 0 Å². The zero-order valence-corrected chi connectivity index (χ0v) is 14.0. The van der Waals surface area contributed by atoms with Crippen molar-refractivity contribution in [2.45, 2.75) is 71.6 Å². The van der Waals surface area contributed by atoms with Crippen LogP contribution in [0.5, 0.6) is 0 Å². The van der Waals surface area contributed by atoms with Gasteiger partial charge in [0.25, 0.3) is 0 Å². The lowest BCUT2D eigenvalue weighted by atomic mass is 9.41. The summed E-state index contributed by atoms with van der Waals surface area (Å²) in [7, 11) is 0. The summed E-state index contributed by atoms with van der Waals surface area (Å²) < 4.78 is 0. The van der Waals surface area contributed by atoms with Crippen molar-refractivity contribution in [3.8, 4) is 0 Å². The number of aliphatic hydroxyl groups is 1. The lowest BCUT2D eigenvalue weighted by Gasteiger charge is -2.64. The molecule has 21 heavy (non-hydrogen) atoms. The molecule has 0 aliphatic heterocycles. The van der Waals surface area contributed by atoms with Gasteiger partial charge < -0.3 is 5.11 Å². The summed E-state index contributed by atoms with van der Waals surface area (Å²) >= 11 is 0. The van der Waals surface area contributed by atoms with Gasteiger partial charge in [0.1, 0.15) is 0 Å². The summed E-state index contributed by atoms with van der Waals surface area (Å²) in [5.41, 5.74) is 2.82. The van der Waals surface area contributed by atoms with Crippen LogP contribution in [0.2, 0.25) is 0 Å². The summed E-state index contributed by atoms with van der Waals surface area (Å²) in [6, 6.07) is 0. The van der Waals surface area contributed by atoms with Crippen LogP contribution in [0.1, 0.15) is 71.6 Å². The van der Waals surface area contributed by atoms with Crippen LogP contribution in [0.4, 0.5) is 0 Å². The Labute approximate surface area is 130 Å². The molecule has 0 heterocycles. The molecule has 6 atom stereocenters. The third-order valence-electron chi connectivity index (χ3n) is 8.54. The van der Waals surface area contributed by atoms with E-state index in [0.29, 0.717) is 17.4 Å². The summed E-state index contributed by atoms with van der Waals surface area (Å²) in [6.07, 6.45) is 12.3. The first-order valence-electron chi connectivity index (χ1n) is 9.22. The Morgan fingerprint density at radius 3 is 2.67 bits per heavy atom. The van der Waals surface area contributed by atoms with Crippen molar-refractivity contribution in [1.29, 1.82) is 0 Å². The molecule has 0 aromatic heterocycles. The lowest BCUT2D eigenvalue weighted by Crippen LogP contribution is -2.57. The van der Waals surface area contributed by atoms with E-state index in [-0.39, 0.29) is 5.41 Å². The maximum Gasteiger partial charge on any atom is 0.0487 e. The Kier molecular flexibility index (Phi) is 2.98. The van der Waals surface area contributed by atoms with Crippen molar-refractivity contribution in [1.82, 2.24) is 0 Å². The fourth-order valence-electron chi connectivity index (χ4n) is 7.68. The smallest absolute Gasteiger partial charge is 0.0487 e. The first-order chi connectivity index (χ1) is 9.94. The maximum atomic E-state index is 10.1. The van der Waals surface area contributed by atoms with E-state index in [0.717, 1.165) is 17.8 Å². The standard InChI is InChI=1S/C20H32O/c1-14-11-20-10-7-16-18(2,13-21)8-4-9-19(16,3)17(20)6-5-15(14)12-20/h15-17,21H,1,4-13H2,2-3H3/t15-,16-,17+,18+,19-,20?/m1/s1. The minimum Gasteiger partial charge on any atom is -0.396 e. The Morgan fingerprint density at radius 1 is 1.10 bits per heavy atom. The van der Waals surface area contributed by atoms with Gasteiger partial charge in [0.05, 0.1) is 0 Å². The molecule has 1 spiro atoms. The molecule has 4 aliphatic carbocycles. The van der Waals surface area contributed by atoms with Crippen LogP contribution in [0.25, 0.3) is 0 Å². The SMILES string of the molecule is C=C1CC23CC[C@@H]4[C@](C)(CO)CCC[C@@]4(C)[C@@H]2CC[C@@H]1C3. The molecule has 1 nitrogen and oxygen atoms in total. The predicted octanol–water partition coefficient (Wildman–Crippen LogP) is 4.95. The van der Waals surface area contributed by atoms with Crippen molar-refractivity contribution >= 4 is 0 Å². The Hall–Kier alpha value is -0.300. The summed E-state index contributed by atoms with van der Waals surface area (Å²) in [6.45, 7) is 9.77. The van der Waals surface area contributed by atoms with Crippen molar-refractivity contribution < 1.29 is 5.11 Å². The van der Waals surface area contributed by atoms with E-state index in [9.17, 15) is 5.11 Å². The Balaban J connectivity index is 1.73. The van der Waals surface area contributed by atoms with Crippen LogP contribution in [0.15, 0.2) is 12.2 Å². The van der Waals surface area contributed by atoms with Crippen molar-refractivity contribution in [3.05, 3.63) is 12.2 Å². The predicted molar refractivity (Wildman–Crippen MR) is 86.9 cm³/mol. The van der Waals surface area contributed by atoms with E-state index in [2.05, 4.69) is 20.4 Å². The molecule has 0 aromatic rings. The maximum absolute atomic E-state index is 10.1. The van der Waals surface area contributed by atoms with E-state index >= 15 is 0 Å². The molecule has 0 aromatic carbocycles. The second-order valence-corrected chi connectivity index (χ2v) is 9.49.